The molecule has 0 aliphatic heterocycles. The van der Waals surface area contributed by atoms with Crippen molar-refractivity contribution in [1.29, 1.82) is 0 Å². The average molecular weight is 238 g/mol. The Morgan fingerprint density at radius 1 is 1.53 bits per heavy atom. The largest absolute Gasteiger partial charge is 0.619 e. The fourth-order valence-electron chi connectivity index (χ4n) is 1.02. The molecule has 0 bridgehead atoms. The first-order chi connectivity index (χ1) is 8.22. The van der Waals surface area contributed by atoms with Gasteiger partial charge in [0.1, 0.15) is 6.61 Å². The van der Waals surface area contributed by atoms with E-state index in [1.807, 2.05) is 0 Å². The number of nitrogens with zero attached hydrogens (tertiary/aromatic N) is 2. The number of carbonyl (C=O) groups excluding carboxylic acids is 1. The van der Waals surface area contributed by atoms with Crippen molar-refractivity contribution in [3.63, 3.8) is 0 Å². The molecule has 0 unspecified atom stereocenters. The first kappa shape index (κ1) is 13.0. The molecular weight excluding hydrogens is 224 g/mol. The van der Waals surface area contributed by atoms with Gasteiger partial charge in [-0.25, -0.2) is 0 Å². The molecule has 0 atom stereocenters. The number of hydrogen-bond acceptors (Lipinski definition) is 5. The van der Waals surface area contributed by atoms with Crippen molar-refractivity contribution in [2.75, 3.05) is 13.2 Å². The molecule has 0 N–H and O–H groups in total. The summed E-state index contributed by atoms with van der Waals surface area (Å²) < 4.78 is 5.39. The first-order valence-corrected chi connectivity index (χ1v) is 5.22. The Labute approximate surface area is 99.0 Å². The second-order valence-electron chi connectivity index (χ2n) is 3.11. The average Bonchev–Trinajstić information content (AvgIpc) is 2.31. The van der Waals surface area contributed by atoms with E-state index in [2.05, 4.69) is 5.16 Å². The summed E-state index contributed by atoms with van der Waals surface area (Å²) in [5, 5.41) is 14.4. The molecule has 0 saturated carbocycles. The number of aromatic nitrogens is 1. The molecule has 1 aromatic rings. The van der Waals surface area contributed by atoms with Crippen molar-refractivity contribution in [3.8, 4) is 0 Å². The van der Waals surface area contributed by atoms with E-state index in [4.69, 9.17) is 9.57 Å². The summed E-state index contributed by atoms with van der Waals surface area (Å²) in [5.74, 6) is -0.310. The third-order valence-corrected chi connectivity index (χ3v) is 1.81. The van der Waals surface area contributed by atoms with Crippen LogP contribution in [-0.4, -0.2) is 25.4 Å². The van der Waals surface area contributed by atoms with E-state index in [1.165, 1.54) is 18.6 Å². The maximum absolute atomic E-state index is 10.9. The molecular formula is C11H14N2O4. The number of carbonyl (C=O) groups is 1. The molecule has 6 heteroatoms. The first-order valence-electron chi connectivity index (χ1n) is 5.22. The molecule has 1 heterocycles. The van der Waals surface area contributed by atoms with E-state index in [0.717, 1.165) is 5.56 Å². The summed E-state index contributed by atoms with van der Waals surface area (Å²) in [6.45, 7) is 2.28. The summed E-state index contributed by atoms with van der Waals surface area (Å²) >= 11 is 0. The van der Waals surface area contributed by atoms with E-state index in [-0.39, 0.29) is 19.0 Å². The zero-order valence-electron chi connectivity index (χ0n) is 9.54. The van der Waals surface area contributed by atoms with Crippen LogP contribution in [0.3, 0.4) is 0 Å². The monoisotopic (exact) mass is 238 g/mol. The van der Waals surface area contributed by atoms with E-state index >= 15 is 0 Å². The predicted octanol–water partition coefficient (Wildman–Crippen LogP) is 0.624. The lowest BCUT2D eigenvalue weighted by atomic mass is 10.3. The Hall–Kier alpha value is -2.11. The summed E-state index contributed by atoms with van der Waals surface area (Å²) in [6, 6.07) is 3.20. The van der Waals surface area contributed by atoms with Crippen molar-refractivity contribution in [1.82, 2.24) is 0 Å². The van der Waals surface area contributed by atoms with Crippen molar-refractivity contribution in [2.45, 2.75) is 13.3 Å². The Morgan fingerprint density at radius 2 is 2.24 bits per heavy atom. The topological polar surface area (TPSA) is 74.8 Å². The summed E-state index contributed by atoms with van der Waals surface area (Å²) in [5.41, 5.74) is 0.744. The van der Waals surface area contributed by atoms with E-state index in [0.29, 0.717) is 11.3 Å². The molecule has 92 valence electrons. The Bertz CT molecular complexity index is 376. The lowest BCUT2D eigenvalue weighted by Crippen LogP contribution is -2.23. The van der Waals surface area contributed by atoms with Gasteiger partial charge < -0.3 is 14.8 Å². The molecule has 0 fully saturated rings. The standard InChI is InChI=1S/C11H14N2O4/c1-2-16-11(14)5-8-17-12-9-10-3-6-13(15)7-4-10/h3-4,6-7,9H,2,5,8H2,1H3/b12-9+. The van der Waals surface area contributed by atoms with Gasteiger partial charge in [0.25, 0.3) is 0 Å². The van der Waals surface area contributed by atoms with Crippen molar-refractivity contribution >= 4 is 12.2 Å². The normalized spacial score (nSPS) is 10.4. The van der Waals surface area contributed by atoms with Gasteiger partial charge in [0.15, 0.2) is 12.4 Å². The van der Waals surface area contributed by atoms with Crippen LogP contribution in [0.1, 0.15) is 18.9 Å². The van der Waals surface area contributed by atoms with Crippen LogP contribution in [0.4, 0.5) is 0 Å². The van der Waals surface area contributed by atoms with Crippen molar-refractivity contribution < 1.29 is 19.1 Å². The predicted molar refractivity (Wildman–Crippen MR) is 60.2 cm³/mol. The van der Waals surface area contributed by atoms with E-state index < -0.39 is 0 Å². The Kier molecular flexibility index (Phi) is 5.50. The molecule has 1 rings (SSSR count). The highest BCUT2D eigenvalue weighted by Crippen LogP contribution is 1.92. The van der Waals surface area contributed by atoms with E-state index in [1.54, 1.807) is 19.1 Å². The highest BCUT2D eigenvalue weighted by atomic mass is 16.6. The molecule has 1 aromatic heterocycles. The highest BCUT2D eigenvalue weighted by molar-refractivity contribution is 5.78. The molecule has 0 aromatic carbocycles. The fourth-order valence-corrected chi connectivity index (χ4v) is 1.02. The van der Waals surface area contributed by atoms with Gasteiger partial charge in [0, 0.05) is 17.7 Å². The molecule has 0 saturated heterocycles. The number of hydrogen-bond donors (Lipinski definition) is 0. The number of esters is 1. The molecule has 0 amide bonds. The lowest BCUT2D eigenvalue weighted by molar-refractivity contribution is -0.605. The van der Waals surface area contributed by atoms with Gasteiger partial charge in [-0.3, -0.25) is 4.79 Å². The van der Waals surface area contributed by atoms with Gasteiger partial charge in [0.2, 0.25) is 0 Å². The van der Waals surface area contributed by atoms with Crippen LogP contribution >= 0.6 is 0 Å². The summed E-state index contributed by atoms with van der Waals surface area (Å²) in [7, 11) is 0. The Morgan fingerprint density at radius 3 is 2.88 bits per heavy atom. The van der Waals surface area contributed by atoms with Gasteiger partial charge in [-0.15, -0.1) is 0 Å². The van der Waals surface area contributed by atoms with Crippen LogP contribution in [0.15, 0.2) is 29.7 Å². The molecule has 17 heavy (non-hydrogen) atoms. The Balaban J connectivity index is 2.22. The van der Waals surface area contributed by atoms with Gasteiger partial charge in [-0.2, -0.15) is 4.73 Å². The second-order valence-corrected chi connectivity index (χ2v) is 3.11. The van der Waals surface area contributed by atoms with Crippen LogP contribution in [0, 0.1) is 5.21 Å². The van der Waals surface area contributed by atoms with Crippen LogP contribution in [0.2, 0.25) is 0 Å². The van der Waals surface area contributed by atoms with Gasteiger partial charge in [-0.1, -0.05) is 5.16 Å². The second kappa shape index (κ2) is 7.21. The van der Waals surface area contributed by atoms with Gasteiger partial charge in [-0.05, 0) is 6.92 Å². The smallest absolute Gasteiger partial charge is 0.309 e. The van der Waals surface area contributed by atoms with E-state index in [9.17, 15) is 10.0 Å². The van der Waals surface area contributed by atoms with Crippen LogP contribution in [0.5, 0.6) is 0 Å². The highest BCUT2D eigenvalue weighted by Gasteiger charge is 2.00. The maximum Gasteiger partial charge on any atom is 0.309 e. The minimum atomic E-state index is -0.310. The maximum atomic E-state index is 10.9. The van der Waals surface area contributed by atoms with Crippen molar-refractivity contribution in [3.05, 3.63) is 35.3 Å². The summed E-state index contributed by atoms with van der Waals surface area (Å²) in [4.78, 5) is 15.8. The zero-order chi connectivity index (χ0) is 12.5. The van der Waals surface area contributed by atoms with Crippen LogP contribution in [-0.2, 0) is 14.4 Å². The number of oxime groups is 1. The summed E-state index contributed by atoms with van der Waals surface area (Å²) in [6.07, 6.45) is 4.35. The molecule has 0 aliphatic rings. The molecule has 6 nitrogen and oxygen atoms in total. The SMILES string of the molecule is CCOC(=O)CCO/N=C/c1cc[n+]([O-])cc1. The fraction of sp³-hybridized carbons (Fsp3) is 0.364. The quantitative estimate of drug-likeness (QED) is 0.182. The molecule has 0 radical (unpaired) electrons. The third kappa shape index (κ3) is 5.50. The van der Waals surface area contributed by atoms with Crippen LogP contribution < -0.4 is 4.73 Å². The van der Waals surface area contributed by atoms with Gasteiger partial charge >= 0.3 is 5.97 Å². The van der Waals surface area contributed by atoms with Gasteiger partial charge in [0.05, 0.1) is 19.2 Å². The number of ether oxygens (including phenoxy) is 1. The number of pyridine rings is 1. The van der Waals surface area contributed by atoms with Crippen LogP contribution in [0.25, 0.3) is 0 Å². The lowest BCUT2D eigenvalue weighted by Gasteiger charge is -2.00. The minimum absolute atomic E-state index is 0.167. The third-order valence-electron chi connectivity index (χ3n) is 1.81. The minimum Gasteiger partial charge on any atom is -0.619 e. The van der Waals surface area contributed by atoms with Crippen molar-refractivity contribution in [2.24, 2.45) is 5.16 Å². The zero-order valence-corrected chi connectivity index (χ0v) is 9.54. The molecule has 0 spiro atoms. The number of rotatable bonds is 6. The molecule has 0 aliphatic carbocycles.